The Hall–Kier alpha value is -2.89. The molecule has 0 aliphatic carbocycles. The highest BCUT2D eigenvalue weighted by molar-refractivity contribution is 5.73. The highest BCUT2D eigenvalue weighted by Gasteiger charge is 2.01. The lowest BCUT2D eigenvalue weighted by molar-refractivity contribution is 0.236. The molecule has 2 N–H and O–H groups in total. The van der Waals surface area contributed by atoms with E-state index in [9.17, 15) is 4.79 Å². The Balaban J connectivity index is 1.62. The second-order valence-corrected chi connectivity index (χ2v) is 4.98. The zero-order valence-electron chi connectivity index (χ0n) is 13.9. The van der Waals surface area contributed by atoms with E-state index >= 15 is 0 Å². The fourth-order valence-corrected chi connectivity index (χ4v) is 1.99. The average molecular weight is 330 g/mol. The Labute approximate surface area is 141 Å². The largest absolute Gasteiger partial charge is 0.497 e. The van der Waals surface area contributed by atoms with Gasteiger partial charge < -0.3 is 24.8 Å². The van der Waals surface area contributed by atoms with Gasteiger partial charge in [0.15, 0.2) is 0 Å². The van der Waals surface area contributed by atoms with Gasteiger partial charge in [-0.1, -0.05) is 12.1 Å². The van der Waals surface area contributed by atoms with Crippen LogP contribution in [0.4, 0.5) is 4.79 Å². The van der Waals surface area contributed by atoms with Gasteiger partial charge in [-0.3, -0.25) is 0 Å². The topological polar surface area (TPSA) is 68.8 Å². The van der Waals surface area contributed by atoms with Crippen LogP contribution in [-0.2, 0) is 6.54 Å². The van der Waals surface area contributed by atoms with Crippen LogP contribution < -0.4 is 24.8 Å². The first-order chi connectivity index (χ1) is 11.7. The molecular formula is C18H22N2O4. The summed E-state index contributed by atoms with van der Waals surface area (Å²) in [6, 6.07) is 14.6. The first kappa shape index (κ1) is 17.5. The van der Waals surface area contributed by atoms with E-state index in [0.29, 0.717) is 19.7 Å². The van der Waals surface area contributed by atoms with E-state index in [4.69, 9.17) is 14.2 Å². The zero-order chi connectivity index (χ0) is 17.2. The number of rotatable bonds is 8. The van der Waals surface area contributed by atoms with Gasteiger partial charge in [0, 0.05) is 6.54 Å². The number of carbonyl (C=O) groups is 1. The minimum Gasteiger partial charge on any atom is -0.497 e. The zero-order valence-corrected chi connectivity index (χ0v) is 13.9. The summed E-state index contributed by atoms with van der Waals surface area (Å²) in [6.07, 6.45) is 0. The lowest BCUT2D eigenvalue weighted by Gasteiger charge is -2.10. The van der Waals surface area contributed by atoms with E-state index in [-0.39, 0.29) is 6.03 Å². The second kappa shape index (κ2) is 9.29. The first-order valence-electron chi connectivity index (χ1n) is 7.63. The van der Waals surface area contributed by atoms with Crippen molar-refractivity contribution in [2.45, 2.75) is 6.54 Å². The van der Waals surface area contributed by atoms with Crippen LogP contribution in [0.1, 0.15) is 5.56 Å². The molecule has 6 nitrogen and oxygen atoms in total. The van der Waals surface area contributed by atoms with Gasteiger partial charge in [-0.25, -0.2) is 4.79 Å². The molecule has 0 spiro atoms. The molecule has 128 valence electrons. The summed E-state index contributed by atoms with van der Waals surface area (Å²) in [5.41, 5.74) is 1.00. The summed E-state index contributed by atoms with van der Waals surface area (Å²) >= 11 is 0. The molecule has 6 heteroatoms. The summed E-state index contributed by atoms with van der Waals surface area (Å²) in [5, 5.41) is 5.53. The number of methoxy groups -OCH3 is 2. The Morgan fingerprint density at radius 3 is 1.96 bits per heavy atom. The Morgan fingerprint density at radius 1 is 0.833 bits per heavy atom. The van der Waals surface area contributed by atoms with Crippen LogP contribution in [0.25, 0.3) is 0 Å². The molecule has 2 rings (SSSR count). The number of benzene rings is 2. The number of nitrogens with one attached hydrogen (secondary N) is 2. The van der Waals surface area contributed by atoms with Crippen LogP contribution in [0.5, 0.6) is 17.2 Å². The first-order valence-corrected chi connectivity index (χ1v) is 7.63. The molecule has 2 aromatic rings. The van der Waals surface area contributed by atoms with Crippen molar-refractivity contribution < 1.29 is 19.0 Å². The maximum atomic E-state index is 11.7. The van der Waals surface area contributed by atoms with Gasteiger partial charge in [0.1, 0.15) is 23.9 Å². The van der Waals surface area contributed by atoms with E-state index in [1.54, 1.807) is 14.2 Å². The molecule has 0 heterocycles. The molecule has 0 aliphatic rings. The minimum absolute atomic E-state index is 0.232. The van der Waals surface area contributed by atoms with Crippen LogP contribution in [0.15, 0.2) is 48.5 Å². The van der Waals surface area contributed by atoms with Crippen LogP contribution in [0.3, 0.4) is 0 Å². The molecule has 0 saturated heterocycles. The van der Waals surface area contributed by atoms with Gasteiger partial charge in [0.25, 0.3) is 0 Å². The average Bonchev–Trinajstić information content (AvgIpc) is 2.64. The fraction of sp³-hybridized carbons (Fsp3) is 0.278. The number of ether oxygens (including phenoxy) is 3. The molecule has 0 bridgehead atoms. The van der Waals surface area contributed by atoms with Crippen molar-refractivity contribution in [1.82, 2.24) is 10.6 Å². The van der Waals surface area contributed by atoms with Crippen molar-refractivity contribution in [1.29, 1.82) is 0 Å². The summed E-state index contributed by atoms with van der Waals surface area (Å²) in [7, 11) is 3.24. The number of hydrogen-bond donors (Lipinski definition) is 2. The Morgan fingerprint density at radius 2 is 1.38 bits per heavy atom. The van der Waals surface area contributed by atoms with E-state index in [2.05, 4.69) is 10.6 Å². The number of carbonyl (C=O) groups excluding carboxylic acids is 1. The molecule has 0 aromatic heterocycles. The monoisotopic (exact) mass is 330 g/mol. The number of hydrogen-bond acceptors (Lipinski definition) is 4. The molecule has 0 atom stereocenters. The smallest absolute Gasteiger partial charge is 0.315 e. The summed E-state index contributed by atoms with van der Waals surface area (Å²) in [6.45, 7) is 1.26. The minimum atomic E-state index is -0.232. The fourth-order valence-electron chi connectivity index (χ4n) is 1.99. The SMILES string of the molecule is COc1ccc(CNC(=O)NCCOc2ccc(OC)cc2)cc1. The van der Waals surface area contributed by atoms with Crippen molar-refractivity contribution in [3.05, 3.63) is 54.1 Å². The van der Waals surface area contributed by atoms with Crippen LogP contribution >= 0.6 is 0 Å². The maximum Gasteiger partial charge on any atom is 0.315 e. The highest BCUT2D eigenvalue weighted by atomic mass is 16.5. The van der Waals surface area contributed by atoms with Gasteiger partial charge in [-0.15, -0.1) is 0 Å². The summed E-state index contributed by atoms with van der Waals surface area (Å²) in [5.74, 6) is 2.30. The third-order valence-corrected chi connectivity index (χ3v) is 3.33. The summed E-state index contributed by atoms with van der Waals surface area (Å²) < 4.78 is 15.7. The molecule has 2 amide bonds. The second-order valence-electron chi connectivity index (χ2n) is 4.98. The van der Waals surface area contributed by atoms with E-state index in [1.807, 2.05) is 48.5 Å². The van der Waals surface area contributed by atoms with Gasteiger partial charge in [0.05, 0.1) is 20.8 Å². The lowest BCUT2D eigenvalue weighted by Crippen LogP contribution is -2.37. The van der Waals surface area contributed by atoms with Crippen molar-refractivity contribution in [3.8, 4) is 17.2 Å². The number of amides is 2. The Bertz CT molecular complexity index is 626. The third-order valence-electron chi connectivity index (χ3n) is 3.33. The van der Waals surface area contributed by atoms with Crippen molar-refractivity contribution in [2.24, 2.45) is 0 Å². The van der Waals surface area contributed by atoms with Crippen LogP contribution in [-0.4, -0.2) is 33.4 Å². The van der Waals surface area contributed by atoms with Gasteiger partial charge in [0.2, 0.25) is 0 Å². The molecule has 2 aromatic carbocycles. The highest BCUT2D eigenvalue weighted by Crippen LogP contribution is 2.16. The van der Waals surface area contributed by atoms with Gasteiger partial charge >= 0.3 is 6.03 Å². The molecule has 0 saturated carbocycles. The Kier molecular flexibility index (Phi) is 6.76. The molecule has 0 aliphatic heterocycles. The van der Waals surface area contributed by atoms with E-state index < -0.39 is 0 Å². The third kappa shape index (κ3) is 5.72. The predicted molar refractivity (Wildman–Crippen MR) is 91.7 cm³/mol. The van der Waals surface area contributed by atoms with Crippen molar-refractivity contribution in [3.63, 3.8) is 0 Å². The van der Waals surface area contributed by atoms with Crippen molar-refractivity contribution >= 4 is 6.03 Å². The molecule has 0 radical (unpaired) electrons. The molecule has 24 heavy (non-hydrogen) atoms. The quantitative estimate of drug-likeness (QED) is 0.730. The van der Waals surface area contributed by atoms with Gasteiger partial charge in [-0.2, -0.15) is 0 Å². The van der Waals surface area contributed by atoms with Crippen LogP contribution in [0, 0.1) is 0 Å². The summed E-state index contributed by atoms with van der Waals surface area (Å²) in [4.78, 5) is 11.7. The molecule has 0 unspecified atom stereocenters. The van der Waals surface area contributed by atoms with Crippen LogP contribution in [0.2, 0.25) is 0 Å². The van der Waals surface area contributed by atoms with Gasteiger partial charge in [-0.05, 0) is 42.0 Å². The lowest BCUT2D eigenvalue weighted by atomic mass is 10.2. The predicted octanol–water partition coefficient (Wildman–Crippen LogP) is 2.58. The van der Waals surface area contributed by atoms with Crippen molar-refractivity contribution in [2.75, 3.05) is 27.4 Å². The maximum absolute atomic E-state index is 11.7. The van der Waals surface area contributed by atoms with E-state index in [0.717, 1.165) is 22.8 Å². The van der Waals surface area contributed by atoms with E-state index in [1.165, 1.54) is 0 Å². The normalized spacial score (nSPS) is 9.92. The molecular weight excluding hydrogens is 308 g/mol. The standard InChI is InChI=1S/C18H22N2O4/c1-22-15-5-3-14(4-6-15)13-20-18(21)19-11-12-24-17-9-7-16(23-2)8-10-17/h3-10H,11-13H2,1-2H3,(H2,19,20,21). The molecule has 0 fully saturated rings. The number of urea groups is 1.